The van der Waals surface area contributed by atoms with Crippen LogP contribution in [-0.4, -0.2) is 29.9 Å². The average Bonchev–Trinajstić information content (AvgIpc) is 2.65. The first-order valence-electron chi connectivity index (χ1n) is 9.08. The molecule has 3 rings (SSSR count). The van der Waals surface area contributed by atoms with E-state index in [4.69, 9.17) is 0 Å². The molecule has 2 aromatic carbocycles. The first-order chi connectivity index (χ1) is 12.2. The zero-order valence-corrected chi connectivity index (χ0v) is 15.1. The molecule has 25 heavy (non-hydrogen) atoms. The molecule has 132 valence electrons. The van der Waals surface area contributed by atoms with Gasteiger partial charge in [-0.3, -0.25) is 9.69 Å². The molecule has 0 fully saturated rings. The number of anilines is 1. The number of carbonyl (C=O) groups excluding carboxylic acids is 1. The maximum absolute atomic E-state index is 12.7. The number of nitrogens with one attached hydrogen (secondary N) is 2. The van der Waals surface area contributed by atoms with Crippen LogP contribution in [0.3, 0.4) is 0 Å². The first kappa shape index (κ1) is 17.6. The number of rotatable bonds is 6. The van der Waals surface area contributed by atoms with Crippen LogP contribution in [0.1, 0.15) is 30.5 Å². The summed E-state index contributed by atoms with van der Waals surface area (Å²) in [5.74, 6) is 0.0555. The van der Waals surface area contributed by atoms with Gasteiger partial charge in [-0.15, -0.1) is 0 Å². The van der Waals surface area contributed by atoms with E-state index in [0.717, 1.165) is 38.3 Å². The molecule has 1 amide bonds. The van der Waals surface area contributed by atoms with Crippen LogP contribution in [-0.2, 0) is 24.3 Å². The van der Waals surface area contributed by atoms with Gasteiger partial charge in [0.15, 0.2) is 0 Å². The monoisotopic (exact) mass is 337 g/mol. The fraction of sp³-hybridized carbons (Fsp3) is 0.381. The normalized spacial score (nSPS) is 15.4. The van der Waals surface area contributed by atoms with Crippen LogP contribution >= 0.6 is 0 Å². The van der Waals surface area contributed by atoms with Crippen molar-refractivity contribution in [2.45, 2.75) is 39.4 Å². The van der Waals surface area contributed by atoms with E-state index in [9.17, 15) is 4.79 Å². The van der Waals surface area contributed by atoms with Gasteiger partial charge in [0, 0.05) is 25.3 Å². The maximum atomic E-state index is 12.7. The van der Waals surface area contributed by atoms with Crippen LogP contribution in [0.2, 0.25) is 0 Å². The highest BCUT2D eigenvalue weighted by molar-refractivity contribution is 5.94. The number of nitrogens with zero attached hydrogens (tertiary/aromatic N) is 1. The molecule has 1 heterocycles. The molecule has 0 saturated carbocycles. The zero-order chi connectivity index (χ0) is 17.6. The Morgan fingerprint density at radius 1 is 1.16 bits per heavy atom. The lowest BCUT2D eigenvalue weighted by Crippen LogP contribution is -2.44. The second kappa shape index (κ2) is 8.28. The van der Waals surface area contributed by atoms with Crippen LogP contribution in [0.4, 0.5) is 5.69 Å². The van der Waals surface area contributed by atoms with Crippen LogP contribution in [0.25, 0.3) is 0 Å². The summed E-state index contributed by atoms with van der Waals surface area (Å²) in [4.78, 5) is 14.9. The first-order valence-corrected chi connectivity index (χ1v) is 9.08. The zero-order valence-electron chi connectivity index (χ0n) is 15.1. The van der Waals surface area contributed by atoms with Crippen molar-refractivity contribution in [1.29, 1.82) is 0 Å². The molecule has 0 bridgehead atoms. The van der Waals surface area contributed by atoms with Crippen molar-refractivity contribution in [2.75, 3.05) is 18.4 Å². The second-order valence-electron chi connectivity index (χ2n) is 6.64. The minimum absolute atomic E-state index is 0.0555. The predicted octanol–water partition coefficient (Wildman–Crippen LogP) is 3.18. The molecular weight excluding hydrogens is 310 g/mol. The fourth-order valence-electron chi connectivity index (χ4n) is 3.29. The molecule has 0 radical (unpaired) electrons. The van der Waals surface area contributed by atoms with E-state index in [1.165, 1.54) is 16.7 Å². The topological polar surface area (TPSA) is 44.4 Å². The van der Waals surface area contributed by atoms with Gasteiger partial charge in [-0.25, -0.2) is 0 Å². The summed E-state index contributed by atoms with van der Waals surface area (Å²) < 4.78 is 0. The van der Waals surface area contributed by atoms with Crippen LogP contribution in [0.5, 0.6) is 0 Å². The summed E-state index contributed by atoms with van der Waals surface area (Å²) in [6, 6.07) is 16.4. The highest BCUT2D eigenvalue weighted by Gasteiger charge is 2.25. The van der Waals surface area contributed by atoms with Gasteiger partial charge in [-0.2, -0.15) is 0 Å². The quantitative estimate of drug-likeness (QED) is 0.851. The maximum Gasteiger partial charge on any atom is 0.241 e. The van der Waals surface area contributed by atoms with Crippen molar-refractivity contribution in [2.24, 2.45) is 0 Å². The Labute approximate surface area is 150 Å². The lowest BCUT2D eigenvalue weighted by molar-refractivity contribution is -0.121. The van der Waals surface area contributed by atoms with Gasteiger partial charge in [-0.1, -0.05) is 43.3 Å². The lowest BCUT2D eigenvalue weighted by atomic mass is 9.99. The average molecular weight is 337 g/mol. The standard InChI is InChI=1S/C21H27N3O/c1-3-22-14-17-7-6-10-20(13-17)23-21(25)16(2)24-12-11-18-8-4-5-9-19(18)15-24/h4-10,13,16,22H,3,11-12,14-15H2,1-2H3,(H,23,25). The van der Waals surface area contributed by atoms with Crippen LogP contribution in [0.15, 0.2) is 48.5 Å². The lowest BCUT2D eigenvalue weighted by Gasteiger charge is -2.32. The Morgan fingerprint density at radius 2 is 1.96 bits per heavy atom. The highest BCUT2D eigenvalue weighted by Crippen LogP contribution is 2.21. The molecule has 2 aromatic rings. The van der Waals surface area contributed by atoms with Crippen LogP contribution < -0.4 is 10.6 Å². The number of amides is 1. The highest BCUT2D eigenvalue weighted by atomic mass is 16.2. The van der Waals surface area contributed by atoms with Gasteiger partial charge in [-0.05, 0) is 48.7 Å². The summed E-state index contributed by atoms with van der Waals surface area (Å²) in [5.41, 5.74) is 4.78. The van der Waals surface area contributed by atoms with E-state index < -0.39 is 0 Å². The Hall–Kier alpha value is -2.17. The smallest absolute Gasteiger partial charge is 0.241 e. The van der Waals surface area contributed by atoms with E-state index in [-0.39, 0.29) is 11.9 Å². The summed E-state index contributed by atoms with van der Waals surface area (Å²) >= 11 is 0. The van der Waals surface area contributed by atoms with E-state index in [0.29, 0.717) is 0 Å². The Bertz CT molecular complexity index is 729. The molecule has 4 nitrogen and oxygen atoms in total. The Kier molecular flexibility index (Phi) is 5.84. The second-order valence-corrected chi connectivity index (χ2v) is 6.64. The van der Waals surface area contributed by atoms with E-state index in [1.54, 1.807) is 0 Å². The number of hydrogen-bond acceptors (Lipinski definition) is 3. The number of carbonyl (C=O) groups is 1. The summed E-state index contributed by atoms with van der Waals surface area (Å²) in [6.07, 6.45) is 1.01. The van der Waals surface area contributed by atoms with E-state index >= 15 is 0 Å². The predicted molar refractivity (Wildman–Crippen MR) is 102 cm³/mol. The number of fused-ring (bicyclic) bond motifs is 1. The van der Waals surface area contributed by atoms with Gasteiger partial charge < -0.3 is 10.6 Å². The third kappa shape index (κ3) is 4.47. The molecule has 1 atom stereocenters. The minimum Gasteiger partial charge on any atom is -0.325 e. The van der Waals surface area contributed by atoms with E-state index in [1.807, 2.05) is 25.1 Å². The SMILES string of the molecule is CCNCc1cccc(NC(=O)C(C)N2CCc3ccccc3C2)c1. The molecule has 1 aliphatic heterocycles. The summed E-state index contributed by atoms with van der Waals surface area (Å²) in [6.45, 7) is 7.59. The van der Waals surface area contributed by atoms with Crippen molar-refractivity contribution in [3.8, 4) is 0 Å². The molecule has 0 spiro atoms. The van der Waals surface area contributed by atoms with Gasteiger partial charge in [0.25, 0.3) is 0 Å². The Balaban J connectivity index is 1.62. The molecular formula is C21H27N3O. The summed E-state index contributed by atoms with van der Waals surface area (Å²) in [7, 11) is 0. The van der Waals surface area contributed by atoms with Crippen molar-refractivity contribution in [3.63, 3.8) is 0 Å². The fourth-order valence-corrected chi connectivity index (χ4v) is 3.29. The van der Waals surface area contributed by atoms with Gasteiger partial charge in [0.1, 0.15) is 0 Å². The summed E-state index contributed by atoms with van der Waals surface area (Å²) in [5, 5.41) is 6.38. The van der Waals surface area contributed by atoms with Gasteiger partial charge in [0.2, 0.25) is 5.91 Å². The largest absolute Gasteiger partial charge is 0.325 e. The molecule has 4 heteroatoms. The Morgan fingerprint density at radius 3 is 2.76 bits per heavy atom. The van der Waals surface area contributed by atoms with Crippen molar-refractivity contribution in [1.82, 2.24) is 10.2 Å². The van der Waals surface area contributed by atoms with E-state index in [2.05, 4.69) is 52.8 Å². The molecule has 0 aromatic heterocycles. The number of hydrogen-bond donors (Lipinski definition) is 2. The van der Waals surface area contributed by atoms with Gasteiger partial charge >= 0.3 is 0 Å². The molecule has 2 N–H and O–H groups in total. The van der Waals surface area contributed by atoms with Crippen LogP contribution in [0, 0.1) is 0 Å². The minimum atomic E-state index is -0.147. The van der Waals surface area contributed by atoms with Crippen molar-refractivity contribution in [3.05, 3.63) is 65.2 Å². The third-order valence-electron chi connectivity index (χ3n) is 4.86. The third-order valence-corrected chi connectivity index (χ3v) is 4.86. The molecule has 0 saturated heterocycles. The number of benzene rings is 2. The molecule has 0 aliphatic carbocycles. The molecule has 1 unspecified atom stereocenters. The van der Waals surface area contributed by atoms with Gasteiger partial charge in [0.05, 0.1) is 6.04 Å². The van der Waals surface area contributed by atoms with Crippen molar-refractivity contribution < 1.29 is 4.79 Å². The molecule has 1 aliphatic rings. The van der Waals surface area contributed by atoms with Crippen molar-refractivity contribution >= 4 is 11.6 Å².